The predicted molar refractivity (Wildman–Crippen MR) is 125 cm³/mol. The maximum atomic E-state index is 13.1. The van der Waals surface area contributed by atoms with Gasteiger partial charge in [0, 0.05) is 23.9 Å². The van der Waals surface area contributed by atoms with Crippen LogP contribution in [0.25, 0.3) is 22.1 Å². The molecular weight excluding hydrogens is 484 g/mol. The number of benzene rings is 1. The molecule has 0 saturated heterocycles. The average Bonchev–Trinajstić information content (AvgIpc) is 3.16. The molecule has 0 radical (unpaired) electrons. The van der Waals surface area contributed by atoms with E-state index in [-0.39, 0.29) is 62.2 Å². The number of carbonyl (C=O) groups excluding carboxylic acids is 3. The van der Waals surface area contributed by atoms with Crippen LogP contribution < -0.4 is 15.7 Å². The summed E-state index contributed by atoms with van der Waals surface area (Å²) in [5.41, 5.74) is -2.07. The second-order valence-electron chi connectivity index (χ2n) is 6.90. The number of fused-ring (bicyclic) bond motifs is 1. The second kappa shape index (κ2) is 10.3. The standard InChI is InChI=1S/C22H20N2O10S/c1-5-32-21(27)16-15(18(22(28)33-6-2)35-19(16)23-10(3)25)13-8-11-7-12(24(29)30)9-14(31-4)17(11)34-20(13)26/h7-9H,5-6H2,1-4H3,(H,23,25). The minimum Gasteiger partial charge on any atom is -0.493 e. The smallest absolute Gasteiger partial charge is 0.349 e. The van der Waals surface area contributed by atoms with E-state index in [1.165, 1.54) is 20.1 Å². The number of non-ortho nitro benzene ring substituents is 1. The molecular formula is C22H20N2O10S. The van der Waals surface area contributed by atoms with Crippen molar-refractivity contribution < 1.29 is 37.9 Å². The Labute approximate surface area is 201 Å². The van der Waals surface area contributed by atoms with Gasteiger partial charge in [0.1, 0.15) is 15.4 Å². The van der Waals surface area contributed by atoms with Crippen LogP contribution in [0.15, 0.2) is 27.4 Å². The first-order valence-electron chi connectivity index (χ1n) is 10.2. The molecule has 0 atom stereocenters. The topological polar surface area (TPSA) is 164 Å². The van der Waals surface area contributed by atoms with Crippen molar-refractivity contribution in [1.29, 1.82) is 0 Å². The third-order valence-corrected chi connectivity index (χ3v) is 5.71. The fraction of sp³-hybridized carbons (Fsp3) is 0.273. The molecule has 13 heteroatoms. The van der Waals surface area contributed by atoms with Gasteiger partial charge in [-0.25, -0.2) is 14.4 Å². The maximum absolute atomic E-state index is 13.1. The zero-order valence-electron chi connectivity index (χ0n) is 19.1. The fourth-order valence-corrected chi connectivity index (χ4v) is 4.44. The summed E-state index contributed by atoms with van der Waals surface area (Å²) >= 11 is 0.721. The highest BCUT2D eigenvalue weighted by Crippen LogP contribution is 2.42. The maximum Gasteiger partial charge on any atom is 0.349 e. The molecule has 1 amide bonds. The number of methoxy groups -OCH3 is 1. The Kier molecular flexibility index (Phi) is 7.49. The number of hydrogen-bond donors (Lipinski definition) is 1. The summed E-state index contributed by atoms with van der Waals surface area (Å²) in [7, 11) is 1.25. The molecule has 2 aromatic heterocycles. The Balaban J connectivity index is 2.44. The summed E-state index contributed by atoms with van der Waals surface area (Å²) < 4.78 is 20.7. The number of nitro benzene ring substituents is 1. The van der Waals surface area contributed by atoms with Gasteiger partial charge in [-0.2, -0.15) is 0 Å². The number of hydrogen-bond acceptors (Lipinski definition) is 11. The first kappa shape index (κ1) is 25.4. The van der Waals surface area contributed by atoms with Crippen LogP contribution in [-0.4, -0.2) is 43.1 Å². The van der Waals surface area contributed by atoms with E-state index in [4.69, 9.17) is 18.6 Å². The molecule has 0 aliphatic rings. The summed E-state index contributed by atoms with van der Waals surface area (Å²) in [6.07, 6.45) is 0. The molecule has 0 aliphatic carbocycles. The quantitative estimate of drug-likeness (QED) is 0.207. The van der Waals surface area contributed by atoms with E-state index in [9.17, 15) is 29.3 Å². The van der Waals surface area contributed by atoms with Crippen molar-refractivity contribution in [3.05, 3.63) is 49.2 Å². The summed E-state index contributed by atoms with van der Waals surface area (Å²) in [4.78, 5) is 61.1. The third kappa shape index (κ3) is 4.99. The van der Waals surface area contributed by atoms with E-state index in [0.29, 0.717) is 0 Å². The molecule has 35 heavy (non-hydrogen) atoms. The molecule has 184 valence electrons. The van der Waals surface area contributed by atoms with Gasteiger partial charge >= 0.3 is 17.6 Å². The molecule has 12 nitrogen and oxygen atoms in total. The van der Waals surface area contributed by atoms with Gasteiger partial charge in [-0.05, 0) is 19.9 Å². The summed E-state index contributed by atoms with van der Waals surface area (Å²) in [6.45, 7) is 4.30. The first-order valence-corrected chi connectivity index (χ1v) is 11.0. The highest BCUT2D eigenvalue weighted by Gasteiger charge is 2.32. The molecule has 0 aliphatic heterocycles. The number of nitrogens with one attached hydrogen (secondary N) is 1. The second-order valence-corrected chi connectivity index (χ2v) is 7.92. The summed E-state index contributed by atoms with van der Waals surface area (Å²) in [6, 6.07) is 3.49. The number of thiophene rings is 1. The number of rotatable bonds is 8. The Bertz CT molecular complexity index is 1410. The van der Waals surface area contributed by atoms with Crippen molar-refractivity contribution in [3.8, 4) is 16.9 Å². The summed E-state index contributed by atoms with van der Waals surface area (Å²) in [5, 5.41) is 13.9. The van der Waals surface area contributed by atoms with E-state index in [0.717, 1.165) is 23.5 Å². The van der Waals surface area contributed by atoms with E-state index in [2.05, 4.69) is 5.32 Å². The molecule has 3 rings (SSSR count). The van der Waals surface area contributed by atoms with Gasteiger partial charge in [-0.1, -0.05) is 0 Å². The number of esters is 2. The lowest BCUT2D eigenvalue weighted by molar-refractivity contribution is -0.384. The van der Waals surface area contributed by atoms with Crippen LogP contribution in [0.3, 0.4) is 0 Å². The lowest BCUT2D eigenvalue weighted by atomic mass is 10.0. The Hall–Kier alpha value is -4.26. The highest BCUT2D eigenvalue weighted by atomic mass is 32.1. The van der Waals surface area contributed by atoms with Crippen molar-refractivity contribution in [2.45, 2.75) is 20.8 Å². The summed E-state index contributed by atoms with van der Waals surface area (Å²) in [5.74, 6) is -2.36. The average molecular weight is 504 g/mol. The van der Waals surface area contributed by atoms with Gasteiger partial charge in [0.2, 0.25) is 5.91 Å². The van der Waals surface area contributed by atoms with Crippen LogP contribution in [-0.2, 0) is 14.3 Å². The number of nitrogens with zero attached hydrogens (tertiary/aromatic N) is 1. The van der Waals surface area contributed by atoms with E-state index < -0.39 is 28.4 Å². The molecule has 1 N–H and O–H groups in total. The van der Waals surface area contributed by atoms with Crippen LogP contribution in [0.4, 0.5) is 10.7 Å². The zero-order chi connectivity index (χ0) is 25.9. The first-order chi connectivity index (χ1) is 16.6. The predicted octanol–water partition coefficient (Wildman–Crippen LogP) is 3.75. The van der Waals surface area contributed by atoms with Crippen molar-refractivity contribution in [1.82, 2.24) is 0 Å². The van der Waals surface area contributed by atoms with Crippen LogP contribution in [0.1, 0.15) is 40.8 Å². The van der Waals surface area contributed by atoms with Crippen molar-refractivity contribution in [3.63, 3.8) is 0 Å². The number of ether oxygens (including phenoxy) is 3. The van der Waals surface area contributed by atoms with Gasteiger partial charge in [-0.15, -0.1) is 11.3 Å². The lowest BCUT2D eigenvalue weighted by Crippen LogP contribution is -2.14. The number of anilines is 1. The van der Waals surface area contributed by atoms with Gasteiger partial charge in [-0.3, -0.25) is 14.9 Å². The molecule has 0 saturated carbocycles. The van der Waals surface area contributed by atoms with E-state index in [1.54, 1.807) is 13.8 Å². The largest absolute Gasteiger partial charge is 0.493 e. The zero-order valence-corrected chi connectivity index (χ0v) is 19.9. The van der Waals surface area contributed by atoms with Crippen LogP contribution in [0, 0.1) is 10.1 Å². The fourth-order valence-electron chi connectivity index (χ4n) is 3.29. The van der Waals surface area contributed by atoms with Gasteiger partial charge in [0.25, 0.3) is 5.69 Å². The molecule has 0 unspecified atom stereocenters. The van der Waals surface area contributed by atoms with E-state index >= 15 is 0 Å². The van der Waals surface area contributed by atoms with Crippen LogP contribution >= 0.6 is 11.3 Å². The Morgan fingerprint density at radius 2 is 1.77 bits per heavy atom. The van der Waals surface area contributed by atoms with Crippen molar-refractivity contribution in [2.24, 2.45) is 0 Å². The molecule has 0 fully saturated rings. The van der Waals surface area contributed by atoms with Crippen LogP contribution in [0.5, 0.6) is 5.75 Å². The minimum atomic E-state index is -0.965. The molecule has 0 spiro atoms. The molecule has 0 bridgehead atoms. The van der Waals surface area contributed by atoms with Crippen LogP contribution in [0.2, 0.25) is 0 Å². The Morgan fingerprint density at radius 1 is 1.11 bits per heavy atom. The Morgan fingerprint density at radius 3 is 2.34 bits per heavy atom. The van der Waals surface area contributed by atoms with Gasteiger partial charge < -0.3 is 23.9 Å². The third-order valence-electron chi connectivity index (χ3n) is 4.62. The normalized spacial score (nSPS) is 10.6. The SMILES string of the molecule is CCOC(=O)c1sc(NC(C)=O)c(C(=O)OCC)c1-c1cc2cc([N+](=O)[O-])cc(OC)c2oc1=O. The van der Waals surface area contributed by atoms with Gasteiger partial charge in [0.15, 0.2) is 11.3 Å². The highest BCUT2D eigenvalue weighted by molar-refractivity contribution is 7.19. The molecule has 2 heterocycles. The van der Waals surface area contributed by atoms with Crippen molar-refractivity contribution >= 4 is 50.8 Å². The molecule has 3 aromatic rings. The van der Waals surface area contributed by atoms with E-state index in [1.807, 2.05) is 0 Å². The van der Waals surface area contributed by atoms with Gasteiger partial charge in [0.05, 0.1) is 36.9 Å². The lowest BCUT2D eigenvalue weighted by Gasteiger charge is -2.10. The number of amides is 1. The minimum absolute atomic E-state index is 0.00386. The van der Waals surface area contributed by atoms with Crippen molar-refractivity contribution in [2.75, 3.05) is 25.6 Å². The number of nitro groups is 1. The monoisotopic (exact) mass is 504 g/mol. The number of carbonyl (C=O) groups is 3. The molecule has 1 aromatic carbocycles.